The molecule has 1 saturated heterocycles. The quantitative estimate of drug-likeness (QED) is 0.800. The number of aliphatic hydroxyl groups excluding tert-OH is 1. The predicted octanol–water partition coefficient (Wildman–Crippen LogP) is 0.675. The summed E-state index contributed by atoms with van der Waals surface area (Å²) in [4.78, 5) is 12.9. The van der Waals surface area contributed by atoms with Crippen molar-refractivity contribution >= 4 is 27.1 Å². The third kappa shape index (κ3) is 4.30. The van der Waals surface area contributed by atoms with Gasteiger partial charge in [-0.25, -0.2) is 8.42 Å². The second-order valence-corrected chi connectivity index (χ2v) is 8.13. The molecule has 0 saturated carbocycles. The normalized spacial score (nSPS) is 20.3. The van der Waals surface area contributed by atoms with Crippen molar-refractivity contribution in [3.63, 3.8) is 0 Å². The Labute approximate surface area is 128 Å². The Morgan fingerprint density at radius 3 is 3.00 bits per heavy atom. The summed E-state index contributed by atoms with van der Waals surface area (Å²) in [5.74, 6) is 5.02. The molecule has 1 aliphatic heterocycles. The lowest BCUT2D eigenvalue weighted by Crippen LogP contribution is -2.42. The first kappa shape index (κ1) is 16.0. The molecule has 1 unspecified atom stereocenters. The summed E-state index contributed by atoms with van der Waals surface area (Å²) in [6.07, 6.45) is 1.83. The van der Waals surface area contributed by atoms with Crippen LogP contribution in [0, 0.1) is 11.8 Å². The van der Waals surface area contributed by atoms with Gasteiger partial charge in [0.2, 0.25) is 5.91 Å². The van der Waals surface area contributed by atoms with Crippen LogP contribution in [0.1, 0.15) is 29.7 Å². The van der Waals surface area contributed by atoms with Gasteiger partial charge in [0.25, 0.3) is 0 Å². The van der Waals surface area contributed by atoms with Gasteiger partial charge in [0.1, 0.15) is 11.9 Å². The Morgan fingerprint density at radius 2 is 2.29 bits per heavy atom. The molecule has 0 spiro atoms. The molecule has 1 aromatic heterocycles. The number of carbonyl (C=O) groups excluding carboxylic acids is 1. The molecule has 1 atom stereocenters. The van der Waals surface area contributed by atoms with E-state index < -0.39 is 21.0 Å². The third-order valence-electron chi connectivity index (χ3n) is 3.27. The number of hydrogen-bond acceptors (Lipinski definition) is 5. The number of hydrogen-bond donors (Lipinski definition) is 2. The van der Waals surface area contributed by atoms with Crippen LogP contribution in [-0.2, 0) is 21.2 Å². The van der Waals surface area contributed by atoms with Gasteiger partial charge in [-0.05, 0) is 18.9 Å². The number of amides is 1. The van der Waals surface area contributed by atoms with Crippen molar-refractivity contribution in [1.82, 2.24) is 5.32 Å². The van der Waals surface area contributed by atoms with E-state index >= 15 is 0 Å². The standard InChI is InChI=1S/C14H17NO4S2/c16-6-3-4-11-8-12(20-10-11)9-15-14(17)13-5-1-2-7-21(13,18)19/h8,10,13,16H,1-2,5-7,9H2,(H,15,17). The molecule has 0 radical (unpaired) electrons. The largest absolute Gasteiger partial charge is 0.384 e. The second kappa shape index (κ2) is 7.07. The fourth-order valence-corrected chi connectivity index (χ4v) is 4.80. The van der Waals surface area contributed by atoms with E-state index in [4.69, 9.17) is 5.11 Å². The first-order chi connectivity index (χ1) is 10.0. The summed E-state index contributed by atoms with van der Waals surface area (Å²) in [6.45, 7) is 0.109. The molecule has 21 heavy (non-hydrogen) atoms. The maximum Gasteiger partial charge on any atom is 0.238 e. The van der Waals surface area contributed by atoms with E-state index in [9.17, 15) is 13.2 Å². The molecule has 0 bridgehead atoms. The highest BCUT2D eigenvalue weighted by Crippen LogP contribution is 2.20. The average molecular weight is 327 g/mol. The fourth-order valence-electron chi connectivity index (χ4n) is 2.22. The molecule has 2 rings (SSSR count). The van der Waals surface area contributed by atoms with Gasteiger partial charge in [0.15, 0.2) is 9.84 Å². The van der Waals surface area contributed by atoms with Crippen molar-refractivity contribution in [1.29, 1.82) is 0 Å². The number of nitrogens with one attached hydrogen (secondary N) is 1. The second-order valence-electron chi connectivity index (χ2n) is 4.83. The highest BCUT2D eigenvalue weighted by Gasteiger charge is 2.34. The van der Waals surface area contributed by atoms with Crippen LogP contribution in [0.15, 0.2) is 11.4 Å². The van der Waals surface area contributed by atoms with Crippen LogP contribution in [-0.4, -0.2) is 37.0 Å². The molecule has 1 aliphatic rings. The molecule has 0 aromatic carbocycles. The van der Waals surface area contributed by atoms with Crippen LogP contribution in [0.5, 0.6) is 0 Å². The van der Waals surface area contributed by atoms with E-state index in [-0.39, 0.29) is 12.4 Å². The molecule has 2 heterocycles. The van der Waals surface area contributed by atoms with Crippen LogP contribution < -0.4 is 5.32 Å². The number of rotatable bonds is 3. The lowest BCUT2D eigenvalue weighted by atomic mass is 10.2. The van der Waals surface area contributed by atoms with Crippen molar-refractivity contribution in [2.24, 2.45) is 0 Å². The van der Waals surface area contributed by atoms with E-state index in [1.165, 1.54) is 11.3 Å². The van der Waals surface area contributed by atoms with Gasteiger partial charge in [-0.3, -0.25) is 4.79 Å². The lowest BCUT2D eigenvalue weighted by Gasteiger charge is -2.21. The maximum absolute atomic E-state index is 12.0. The predicted molar refractivity (Wildman–Crippen MR) is 81.6 cm³/mol. The minimum atomic E-state index is -3.29. The zero-order valence-corrected chi connectivity index (χ0v) is 13.1. The summed E-state index contributed by atoms with van der Waals surface area (Å²) in [6, 6.07) is 1.82. The lowest BCUT2D eigenvalue weighted by molar-refractivity contribution is -0.121. The molecule has 2 N–H and O–H groups in total. The summed E-state index contributed by atoms with van der Waals surface area (Å²) in [5.41, 5.74) is 0.781. The van der Waals surface area contributed by atoms with Crippen LogP contribution in [0.2, 0.25) is 0 Å². The summed E-state index contributed by atoms with van der Waals surface area (Å²) < 4.78 is 23.7. The first-order valence-corrected chi connectivity index (χ1v) is 9.29. The van der Waals surface area contributed by atoms with Crippen LogP contribution in [0.25, 0.3) is 0 Å². The molecule has 1 aromatic rings. The Bertz CT molecular complexity index is 667. The Morgan fingerprint density at radius 1 is 1.48 bits per heavy atom. The van der Waals surface area contributed by atoms with E-state index in [1.54, 1.807) is 0 Å². The van der Waals surface area contributed by atoms with Crippen molar-refractivity contribution < 1.29 is 18.3 Å². The van der Waals surface area contributed by atoms with Gasteiger partial charge in [0.05, 0.1) is 12.3 Å². The average Bonchev–Trinajstić information content (AvgIpc) is 2.90. The zero-order valence-electron chi connectivity index (χ0n) is 11.5. The Balaban J connectivity index is 1.93. The van der Waals surface area contributed by atoms with Crippen LogP contribution >= 0.6 is 11.3 Å². The maximum atomic E-state index is 12.0. The fraction of sp³-hybridized carbons (Fsp3) is 0.500. The Kier molecular flexibility index (Phi) is 5.39. The van der Waals surface area contributed by atoms with Crippen molar-refractivity contribution in [3.8, 4) is 11.8 Å². The van der Waals surface area contributed by atoms with E-state index in [1.807, 2.05) is 11.4 Å². The molecule has 1 fully saturated rings. The minimum Gasteiger partial charge on any atom is -0.384 e. The van der Waals surface area contributed by atoms with Crippen molar-refractivity contribution in [2.45, 2.75) is 31.1 Å². The molecular weight excluding hydrogens is 310 g/mol. The molecular formula is C14H17NO4S2. The first-order valence-electron chi connectivity index (χ1n) is 6.69. The summed E-state index contributed by atoms with van der Waals surface area (Å²) in [7, 11) is -3.29. The number of sulfone groups is 1. The molecule has 7 heteroatoms. The van der Waals surface area contributed by atoms with Crippen LogP contribution in [0.4, 0.5) is 0 Å². The molecule has 1 amide bonds. The molecule has 5 nitrogen and oxygen atoms in total. The summed E-state index contributed by atoms with van der Waals surface area (Å²) in [5, 5.41) is 12.2. The highest BCUT2D eigenvalue weighted by molar-refractivity contribution is 7.92. The van der Waals surface area contributed by atoms with Gasteiger partial charge in [-0.2, -0.15) is 0 Å². The number of aliphatic hydroxyl groups is 1. The van der Waals surface area contributed by atoms with E-state index in [0.717, 1.165) is 16.9 Å². The minimum absolute atomic E-state index is 0.102. The zero-order chi connectivity index (χ0) is 15.3. The monoisotopic (exact) mass is 327 g/mol. The molecule has 0 aliphatic carbocycles. The van der Waals surface area contributed by atoms with Gasteiger partial charge in [-0.15, -0.1) is 11.3 Å². The number of carbonyl (C=O) groups is 1. The van der Waals surface area contributed by atoms with E-state index in [2.05, 4.69) is 17.2 Å². The smallest absolute Gasteiger partial charge is 0.238 e. The molecule has 114 valence electrons. The Hall–Kier alpha value is -1.36. The van der Waals surface area contributed by atoms with Gasteiger partial charge >= 0.3 is 0 Å². The SMILES string of the molecule is O=C(NCc1cc(C#CCO)cs1)C1CCCCS1(=O)=O. The van der Waals surface area contributed by atoms with Gasteiger partial charge < -0.3 is 10.4 Å². The van der Waals surface area contributed by atoms with Crippen molar-refractivity contribution in [3.05, 3.63) is 21.9 Å². The van der Waals surface area contributed by atoms with Crippen LogP contribution in [0.3, 0.4) is 0 Å². The summed E-state index contributed by atoms with van der Waals surface area (Å²) >= 11 is 1.44. The van der Waals surface area contributed by atoms with Gasteiger partial charge in [-0.1, -0.05) is 18.3 Å². The van der Waals surface area contributed by atoms with Crippen molar-refractivity contribution in [2.75, 3.05) is 12.4 Å². The van der Waals surface area contributed by atoms with E-state index in [0.29, 0.717) is 19.4 Å². The number of thiophene rings is 1. The highest BCUT2D eigenvalue weighted by atomic mass is 32.2. The third-order valence-corrected chi connectivity index (χ3v) is 6.38. The topological polar surface area (TPSA) is 83.5 Å². The van der Waals surface area contributed by atoms with Gasteiger partial charge in [0, 0.05) is 15.8 Å².